The smallest absolute Gasteiger partial charge is 0.204 e. The first kappa shape index (κ1) is 15.0. The molecule has 2 aromatic carbocycles. The number of carbonyl (C=O) groups excluding carboxylic acids is 1. The molecule has 5 heteroatoms. The van der Waals surface area contributed by atoms with E-state index in [2.05, 4.69) is 9.97 Å². The minimum absolute atomic E-state index is 0.198. The number of carbonyl (C=O) groups is 1. The molecule has 1 N–H and O–H groups in total. The first-order chi connectivity index (χ1) is 11.6. The monoisotopic (exact) mass is 350 g/mol. The molecule has 116 valence electrons. The summed E-state index contributed by atoms with van der Waals surface area (Å²) < 4.78 is 0. The standard InChI is InChI=1S/C19H11ClN2OS/c20-14-4-1-5-16-17(14)13(10-22-16)19(24)18(23)12-6-7-15-11(9-12)3-2-8-21-15/h1-10,22H. The molecule has 0 aliphatic carbocycles. The van der Waals surface area contributed by atoms with Crippen LogP contribution >= 0.6 is 23.8 Å². The summed E-state index contributed by atoms with van der Waals surface area (Å²) in [6.07, 6.45) is 3.46. The molecular weight excluding hydrogens is 340 g/mol. The Bertz CT molecular complexity index is 1120. The minimum Gasteiger partial charge on any atom is -0.360 e. The minimum atomic E-state index is -0.198. The van der Waals surface area contributed by atoms with E-state index in [1.165, 1.54) is 0 Å². The number of rotatable bonds is 3. The van der Waals surface area contributed by atoms with Crippen LogP contribution in [0.1, 0.15) is 15.9 Å². The van der Waals surface area contributed by atoms with Gasteiger partial charge in [0.05, 0.1) is 15.4 Å². The Labute approximate surface area is 148 Å². The number of halogens is 1. The van der Waals surface area contributed by atoms with Crippen LogP contribution in [0.3, 0.4) is 0 Å². The molecule has 2 aromatic heterocycles. The number of fused-ring (bicyclic) bond motifs is 2. The number of thiocarbonyl (C=S) groups is 1. The second-order valence-electron chi connectivity index (χ2n) is 5.43. The van der Waals surface area contributed by atoms with Gasteiger partial charge in [-0.1, -0.05) is 36.0 Å². The third-order valence-corrected chi connectivity index (χ3v) is 4.69. The number of hydrogen-bond acceptors (Lipinski definition) is 3. The number of nitrogens with one attached hydrogen (secondary N) is 1. The summed E-state index contributed by atoms with van der Waals surface area (Å²) in [5.74, 6) is -0.198. The molecule has 0 fully saturated rings. The van der Waals surface area contributed by atoms with E-state index in [0.717, 1.165) is 21.8 Å². The van der Waals surface area contributed by atoms with Gasteiger partial charge >= 0.3 is 0 Å². The molecule has 0 aliphatic heterocycles. The summed E-state index contributed by atoms with van der Waals surface area (Å²) in [6.45, 7) is 0. The summed E-state index contributed by atoms with van der Waals surface area (Å²) >= 11 is 11.7. The van der Waals surface area contributed by atoms with Crippen molar-refractivity contribution in [3.63, 3.8) is 0 Å². The van der Waals surface area contributed by atoms with E-state index in [0.29, 0.717) is 16.1 Å². The van der Waals surface area contributed by atoms with Crippen LogP contribution in [0.4, 0.5) is 0 Å². The largest absolute Gasteiger partial charge is 0.360 e. The SMILES string of the molecule is O=C(C(=S)c1c[nH]c2cccc(Cl)c12)c1ccc2ncccc2c1. The third-order valence-electron chi connectivity index (χ3n) is 3.97. The lowest BCUT2D eigenvalue weighted by atomic mass is 10.0. The molecule has 4 aromatic rings. The fourth-order valence-corrected chi connectivity index (χ4v) is 3.34. The molecule has 0 atom stereocenters. The van der Waals surface area contributed by atoms with Gasteiger partial charge in [-0.3, -0.25) is 9.78 Å². The van der Waals surface area contributed by atoms with E-state index in [4.69, 9.17) is 23.8 Å². The van der Waals surface area contributed by atoms with Gasteiger partial charge in [0.2, 0.25) is 5.78 Å². The van der Waals surface area contributed by atoms with Crippen LogP contribution in [0.2, 0.25) is 5.02 Å². The molecule has 0 saturated heterocycles. The first-order valence-corrected chi connectivity index (χ1v) is 8.13. The Hall–Kier alpha value is -2.56. The van der Waals surface area contributed by atoms with Crippen LogP contribution in [0, 0.1) is 0 Å². The Morgan fingerprint density at radius 2 is 2.00 bits per heavy atom. The first-order valence-electron chi connectivity index (χ1n) is 7.34. The highest BCUT2D eigenvalue weighted by atomic mass is 35.5. The predicted molar refractivity (Wildman–Crippen MR) is 101 cm³/mol. The number of benzene rings is 2. The highest BCUT2D eigenvalue weighted by Crippen LogP contribution is 2.28. The highest BCUT2D eigenvalue weighted by Gasteiger charge is 2.19. The summed E-state index contributed by atoms with van der Waals surface area (Å²) in [4.78, 5) is 20.4. The van der Waals surface area contributed by atoms with Crippen molar-refractivity contribution >= 4 is 56.3 Å². The molecule has 24 heavy (non-hydrogen) atoms. The lowest BCUT2D eigenvalue weighted by molar-refractivity contribution is 0.106. The number of hydrogen-bond donors (Lipinski definition) is 1. The van der Waals surface area contributed by atoms with Crippen molar-refractivity contribution in [3.8, 4) is 0 Å². The molecule has 0 saturated carbocycles. The number of nitrogens with zero attached hydrogens (tertiary/aromatic N) is 1. The van der Waals surface area contributed by atoms with Crippen molar-refractivity contribution in [2.75, 3.05) is 0 Å². The van der Waals surface area contributed by atoms with Crippen LogP contribution < -0.4 is 0 Å². The van der Waals surface area contributed by atoms with Gasteiger partial charge in [-0.2, -0.15) is 0 Å². The topological polar surface area (TPSA) is 45.8 Å². The van der Waals surface area contributed by atoms with E-state index in [-0.39, 0.29) is 10.6 Å². The zero-order valence-corrected chi connectivity index (χ0v) is 14.0. The number of aromatic amines is 1. The van der Waals surface area contributed by atoms with E-state index in [1.807, 2.05) is 36.4 Å². The summed E-state index contributed by atoms with van der Waals surface area (Å²) in [6, 6.07) is 14.7. The number of H-pyrrole nitrogens is 1. The molecule has 0 radical (unpaired) electrons. The van der Waals surface area contributed by atoms with Crippen molar-refractivity contribution in [2.45, 2.75) is 0 Å². The Kier molecular flexibility index (Phi) is 3.63. The van der Waals surface area contributed by atoms with Gasteiger partial charge in [0, 0.05) is 39.8 Å². The molecule has 0 amide bonds. The van der Waals surface area contributed by atoms with Gasteiger partial charge < -0.3 is 4.98 Å². The molecule has 3 nitrogen and oxygen atoms in total. The maximum absolute atomic E-state index is 12.8. The quantitative estimate of drug-likeness (QED) is 0.419. The lowest BCUT2D eigenvalue weighted by Gasteiger charge is -2.05. The van der Waals surface area contributed by atoms with E-state index in [1.54, 1.807) is 24.5 Å². The van der Waals surface area contributed by atoms with Crippen LogP contribution in [-0.4, -0.2) is 20.6 Å². The van der Waals surface area contributed by atoms with Crippen LogP contribution in [0.15, 0.2) is 60.9 Å². The fraction of sp³-hybridized carbons (Fsp3) is 0. The zero-order valence-electron chi connectivity index (χ0n) is 12.4. The van der Waals surface area contributed by atoms with Gasteiger partial charge in [0.15, 0.2) is 0 Å². The molecule has 0 bridgehead atoms. The average molecular weight is 351 g/mol. The number of ketones is 1. The Morgan fingerprint density at radius 1 is 1.12 bits per heavy atom. The molecule has 0 aliphatic rings. The van der Waals surface area contributed by atoms with Crippen molar-refractivity contribution < 1.29 is 4.79 Å². The summed E-state index contributed by atoms with van der Waals surface area (Å²) in [5, 5.41) is 2.25. The number of aromatic nitrogens is 2. The Balaban J connectivity index is 1.78. The predicted octanol–water partition coefficient (Wildman–Crippen LogP) is 4.97. The lowest BCUT2D eigenvalue weighted by Crippen LogP contribution is -2.13. The summed E-state index contributed by atoms with van der Waals surface area (Å²) in [5.41, 5.74) is 2.90. The maximum Gasteiger partial charge on any atom is 0.204 e. The third kappa shape index (κ3) is 2.40. The molecule has 4 rings (SSSR count). The number of Topliss-reactive ketones (excluding diaryl/α,β-unsaturated/α-hetero) is 1. The molecular formula is C19H11ClN2OS. The average Bonchev–Trinajstić information content (AvgIpc) is 3.05. The second kappa shape index (κ2) is 5.82. The second-order valence-corrected chi connectivity index (χ2v) is 6.25. The number of pyridine rings is 1. The van der Waals surface area contributed by atoms with Gasteiger partial charge in [-0.15, -0.1) is 0 Å². The molecule has 0 spiro atoms. The van der Waals surface area contributed by atoms with Crippen LogP contribution in [0.5, 0.6) is 0 Å². The van der Waals surface area contributed by atoms with Crippen molar-refractivity contribution in [3.05, 3.63) is 77.1 Å². The van der Waals surface area contributed by atoms with Gasteiger partial charge in [0.1, 0.15) is 0 Å². The fourth-order valence-electron chi connectivity index (χ4n) is 2.79. The van der Waals surface area contributed by atoms with Gasteiger partial charge in [-0.25, -0.2) is 0 Å². The molecule has 0 unspecified atom stereocenters. The maximum atomic E-state index is 12.8. The van der Waals surface area contributed by atoms with Gasteiger partial charge in [-0.05, 0) is 36.4 Å². The van der Waals surface area contributed by atoms with Crippen molar-refractivity contribution in [1.82, 2.24) is 9.97 Å². The normalized spacial score (nSPS) is 11.0. The Morgan fingerprint density at radius 3 is 2.88 bits per heavy atom. The molecule has 2 heterocycles. The van der Waals surface area contributed by atoms with Crippen molar-refractivity contribution in [2.24, 2.45) is 0 Å². The van der Waals surface area contributed by atoms with Crippen molar-refractivity contribution in [1.29, 1.82) is 0 Å². The van der Waals surface area contributed by atoms with E-state index >= 15 is 0 Å². The van der Waals surface area contributed by atoms with E-state index < -0.39 is 0 Å². The zero-order chi connectivity index (χ0) is 16.7. The van der Waals surface area contributed by atoms with Crippen LogP contribution in [0.25, 0.3) is 21.8 Å². The van der Waals surface area contributed by atoms with E-state index in [9.17, 15) is 4.79 Å². The van der Waals surface area contributed by atoms with Crippen LogP contribution in [-0.2, 0) is 0 Å². The highest BCUT2D eigenvalue weighted by molar-refractivity contribution is 7.82. The summed E-state index contributed by atoms with van der Waals surface area (Å²) in [7, 11) is 0. The van der Waals surface area contributed by atoms with Gasteiger partial charge in [0.25, 0.3) is 0 Å².